The molecule has 0 atom stereocenters. The number of oxazole rings is 1. The molecular formula is C55H40N2O2. The fourth-order valence-corrected chi connectivity index (χ4v) is 10.1. The standard InChI is InChI=1S/C55H40N2O2/c1-54(2)44-18-11-9-16-41(44)52-45(54)19-12-20-48(52)57(37-26-28-39-38-15-8-10-17-43(38)55(3,4)46(39)30-37)36-24-21-33(22-25-36)35-23-27-40-42-31-47-51(32-50(42)58-49(40)29-35)59-53(56-47)34-13-6-5-7-14-34/h5-32H,1-4H3. The number of benzene rings is 8. The Labute approximate surface area is 343 Å². The number of anilines is 3. The van der Waals surface area contributed by atoms with Gasteiger partial charge in [0.15, 0.2) is 5.58 Å². The minimum Gasteiger partial charge on any atom is -0.456 e. The van der Waals surface area contributed by atoms with Crippen LogP contribution in [0.5, 0.6) is 0 Å². The Morgan fingerprint density at radius 3 is 1.88 bits per heavy atom. The van der Waals surface area contributed by atoms with Crippen molar-refractivity contribution in [1.82, 2.24) is 4.98 Å². The second-order valence-electron chi connectivity index (χ2n) is 17.2. The zero-order chi connectivity index (χ0) is 39.6. The Morgan fingerprint density at radius 2 is 1.07 bits per heavy atom. The maximum Gasteiger partial charge on any atom is 0.227 e. The molecule has 0 unspecified atom stereocenters. The maximum absolute atomic E-state index is 6.48. The lowest BCUT2D eigenvalue weighted by atomic mass is 9.82. The van der Waals surface area contributed by atoms with Gasteiger partial charge in [-0.15, -0.1) is 0 Å². The van der Waals surface area contributed by atoms with Crippen LogP contribution in [0.15, 0.2) is 179 Å². The smallest absolute Gasteiger partial charge is 0.227 e. The Kier molecular flexibility index (Phi) is 7.00. The molecule has 0 saturated heterocycles. The molecule has 2 heterocycles. The van der Waals surface area contributed by atoms with Gasteiger partial charge >= 0.3 is 0 Å². The van der Waals surface area contributed by atoms with E-state index in [1.165, 1.54) is 50.2 Å². The summed E-state index contributed by atoms with van der Waals surface area (Å²) >= 11 is 0. The van der Waals surface area contributed by atoms with Crippen molar-refractivity contribution in [3.05, 3.63) is 192 Å². The van der Waals surface area contributed by atoms with Gasteiger partial charge in [0.1, 0.15) is 16.7 Å². The van der Waals surface area contributed by atoms with Crippen LogP contribution in [-0.2, 0) is 10.8 Å². The van der Waals surface area contributed by atoms with E-state index in [9.17, 15) is 0 Å². The summed E-state index contributed by atoms with van der Waals surface area (Å²) in [4.78, 5) is 7.28. The van der Waals surface area contributed by atoms with E-state index in [1.54, 1.807) is 0 Å². The van der Waals surface area contributed by atoms with Crippen molar-refractivity contribution >= 4 is 50.1 Å². The molecule has 2 aliphatic rings. The molecule has 59 heavy (non-hydrogen) atoms. The van der Waals surface area contributed by atoms with E-state index >= 15 is 0 Å². The van der Waals surface area contributed by atoms with Crippen LogP contribution in [0, 0.1) is 0 Å². The van der Waals surface area contributed by atoms with Gasteiger partial charge in [0.05, 0.1) is 5.69 Å². The van der Waals surface area contributed by atoms with Crippen molar-refractivity contribution in [3.8, 4) is 44.8 Å². The first-order chi connectivity index (χ1) is 28.7. The van der Waals surface area contributed by atoms with Crippen LogP contribution in [0.1, 0.15) is 49.9 Å². The summed E-state index contributed by atoms with van der Waals surface area (Å²) in [7, 11) is 0. The number of furan rings is 1. The van der Waals surface area contributed by atoms with E-state index in [0.29, 0.717) is 11.5 Å². The highest BCUT2D eigenvalue weighted by molar-refractivity contribution is 6.09. The van der Waals surface area contributed by atoms with Crippen molar-refractivity contribution in [2.45, 2.75) is 38.5 Å². The van der Waals surface area contributed by atoms with Gasteiger partial charge in [-0.2, -0.15) is 0 Å². The molecule has 10 aromatic rings. The Morgan fingerprint density at radius 1 is 0.424 bits per heavy atom. The molecule has 2 aliphatic carbocycles. The molecule has 0 spiro atoms. The van der Waals surface area contributed by atoms with E-state index in [2.05, 4.69) is 166 Å². The van der Waals surface area contributed by atoms with Crippen LogP contribution < -0.4 is 4.90 Å². The normalized spacial score (nSPS) is 14.4. The molecule has 2 aromatic heterocycles. The third kappa shape index (κ3) is 4.93. The first kappa shape index (κ1) is 33.9. The first-order valence-electron chi connectivity index (χ1n) is 20.4. The molecule has 282 valence electrons. The number of fused-ring (bicyclic) bond motifs is 10. The zero-order valence-electron chi connectivity index (χ0n) is 33.4. The fourth-order valence-electron chi connectivity index (χ4n) is 10.1. The van der Waals surface area contributed by atoms with Gasteiger partial charge in [0.25, 0.3) is 0 Å². The summed E-state index contributed by atoms with van der Waals surface area (Å²) in [6.07, 6.45) is 0. The van der Waals surface area contributed by atoms with Crippen LogP contribution in [-0.4, -0.2) is 4.98 Å². The highest BCUT2D eigenvalue weighted by atomic mass is 16.4. The SMILES string of the molecule is CC1(C)c2ccccc2-c2ccc(N(c3ccc(-c4ccc5c(c4)oc4cc6oc(-c7ccccc7)nc6cc45)cc3)c3cccc4c3-c3ccccc3C4(C)C)cc21. The Hall–Kier alpha value is -7.17. The minimum absolute atomic E-state index is 0.111. The lowest BCUT2D eigenvalue weighted by Gasteiger charge is -2.30. The van der Waals surface area contributed by atoms with Crippen molar-refractivity contribution in [3.63, 3.8) is 0 Å². The molecule has 0 saturated carbocycles. The molecule has 0 fully saturated rings. The van der Waals surface area contributed by atoms with Crippen LogP contribution in [0.25, 0.3) is 77.9 Å². The molecule has 0 N–H and O–H groups in total. The molecule has 4 nitrogen and oxygen atoms in total. The second kappa shape index (κ2) is 12.2. The van der Waals surface area contributed by atoms with E-state index in [-0.39, 0.29) is 10.8 Å². The van der Waals surface area contributed by atoms with E-state index in [1.807, 2.05) is 36.4 Å². The number of hydrogen-bond acceptors (Lipinski definition) is 4. The average molecular weight is 761 g/mol. The summed E-state index contributed by atoms with van der Waals surface area (Å²) in [6, 6.07) is 61.2. The lowest BCUT2D eigenvalue weighted by Crippen LogP contribution is -2.17. The molecular weight excluding hydrogens is 721 g/mol. The molecule has 0 radical (unpaired) electrons. The predicted molar refractivity (Wildman–Crippen MR) is 242 cm³/mol. The first-order valence-corrected chi connectivity index (χ1v) is 20.4. The van der Waals surface area contributed by atoms with Crippen LogP contribution in [0.3, 0.4) is 0 Å². The zero-order valence-corrected chi connectivity index (χ0v) is 33.4. The predicted octanol–water partition coefficient (Wildman–Crippen LogP) is 15.1. The monoisotopic (exact) mass is 760 g/mol. The molecule has 0 amide bonds. The summed E-state index contributed by atoms with van der Waals surface area (Å²) in [5, 5.41) is 2.08. The van der Waals surface area contributed by atoms with Gasteiger partial charge in [-0.25, -0.2) is 4.98 Å². The highest BCUT2D eigenvalue weighted by Gasteiger charge is 2.39. The summed E-state index contributed by atoms with van der Waals surface area (Å²) < 4.78 is 12.7. The summed E-state index contributed by atoms with van der Waals surface area (Å²) in [6.45, 7) is 9.42. The summed E-state index contributed by atoms with van der Waals surface area (Å²) in [5.41, 5.74) is 20.2. The third-order valence-electron chi connectivity index (χ3n) is 13.1. The molecule has 0 bridgehead atoms. The van der Waals surface area contributed by atoms with Gasteiger partial charge in [-0.05, 0) is 111 Å². The second-order valence-corrected chi connectivity index (χ2v) is 17.2. The van der Waals surface area contributed by atoms with Crippen molar-refractivity contribution in [2.24, 2.45) is 0 Å². The number of rotatable bonds is 5. The van der Waals surface area contributed by atoms with Crippen molar-refractivity contribution in [2.75, 3.05) is 4.90 Å². The van der Waals surface area contributed by atoms with Gasteiger partial charge in [-0.1, -0.05) is 131 Å². The Balaban J connectivity index is 0.966. The molecule has 0 aliphatic heterocycles. The topological polar surface area (TPSA) is 42.4 Å². The van der Waals surface area contributed by atoms with E-state index in [4.69, 9.17) is 13.8 Å². The minimum atomic E-state index is -0.120. The molecule has 4 heteroatoms. The number of nitrogens with zero attached hydrogens (tertiary/aromatic N) is 2. The number of hydrogen-bond donors (Lipinski definition) is 0. The fraction of sp³-hybridized carbons (Fsp3) is 0.109. The average Bonchev–Trinajstić information content (AvgIpc) is 3.98. The third-order valence-corrected chi connectivity index (χ3v) is 13.1. The van der Waals surface area contributed by atoms with Crippen LogP contribution >= 0.6 is 0 Å². The van der Waals surface area contributed by atoms with Gasteiger partial charge in [-0.3, -0.25) is 0 Å². The Bertz CT molecular complexity index is 3330. The van der Waals surface area contributed by atoms with Gasteiger partial charge in [0, 0.05) is 50.2 Å². The van der Waals surface area contributed by atoms with Crippen LogP contribution in [0.4, 0.5) is 17.1 Å². The van der Waals surface area contributed by atoms with E-state index in [0.717, 1.165) is 55.5 Å². The number of aromatic nitrogens is 1. The highest BCUT2D eigenvalue weighted by Crippen LogP contribution is 2.55. The molecule has 12 rings (SSSR count). The quantitative estimate of drug-likeness (QED) is 0.175. The summed E-state index contributed by atoms with van der Waals surface area (Å²) in [5.74, 6) is 0.609. The lowest BCUT2D eigenvalue weighted by molar-refractivity contribution is 0.617. The largest absolute Gasteiger partial charge is 0.456 e. The van der Waals surface area contributed by atoms with Crippen molar-refractivity contribution in [1.29, 1.82) is 0 Å². The maximum atomic E-state index is 6.48. The van der Waals surface area contributed by atoms with E-state index < -0.39 is 0 Å². The van der Waals surface area contributed by atoms with Gasteiger partial charge in [0.2, 0.25) is 5.89 Å². The van der Waals surface area contributed by atoms with Gasteiger partial charge < -0.3 is 13.7 Å². The molecule has 8 aromatic carbocycles. The van der Waals surface area contributed by atoms with Crippen LogP contribution in [0.2, 0.25) is 0 Å². The van der Waals surface area contributed by atoms with Crippen molar-refractivity contribution < 1.29 is 8.83 Å².